The maximum absolute atomic E-state index is 12.4. The minimum absolute atomic E-state index is 0.00285. The van der Waals surface area contributed by atoms with Crippen molar-refractivity contribution in [3.05, 3.63) is 0 Å². The number of ether oxygens (including phenoxy) is 2. The highest BCUT2D eigenvalue weighted by molar-refractivity contribution is 5.69. The van der Waals surface area contributed by atoms with Crippen molar-refractivity contribution in [1.82, 2.24) is 4.90 Å². The third kappa shape index (κ3) is 32.3. The van der Waals surface area contributed by atoms with E-state index in [-0.39, 0.29) is 11.9 Å². The molecule has 1 atom stereocenters. The zero-order chi connectivity index (χ0) is 37.7. The Morgan fingerprint density at radius 3 is 1.38 bits per heavy atom. The second kappa shape index (κ2) is 36.9. The monoisotopic (exact) mass is 734 g/mol. The molecule has 0 N–H and O–H groups in total. The van der Waals surface area contributed by atoms with Gasteiger partial charge in [0.05, 0.1) is 13.2 Å². The Labute approximate surface area is 325 Å². The average Bonchev–Trinajstić information content (AvgIpc) is 3.96. The van der Waals surface area contributed by atoms with Crippen LogP contribution in [0, 0.1) is 11.8 Å². The molecule has 1 rings (SSSR count). The van der Waals surface area contributed by atoms with Crippen molar-refractivity contribution in [3.8, 4) is 0 Å². The van der Waals surface area contributed by atoms with E-state index in [9.17, 15) is 9.59 Å². The maximum atomic E-state index is 12.4. The van der Waals surface area contributed by atoms with E-state index < -0.39 is 0 Å². The second-order valence-electron chi connectivity index (χ2n) is 16.9. The molecule has 1 aliphatic carbocycles. The van der Waals surface area contributed by atoms with Crippen LogP contribution in [0.1, 0.15) is 246 Å². The lowest BCUT2D eigenvalue weighted by Crippen LogP contribution is -2.35. The molecule has 0 aromatic rings. The highest BCUT2D eigenvalue weighted by Gasteiger charge is 2.26. The van der Waals surface area contributed by atoms with E-state index in [0.29, 0.717) is 32.1 Å². The van der Waals surface area contributed by atoms with Gasteiger partial charge < -0.3 is 14.4 Å². The minimum Gasteiger partial charge on any atom is -0.466 e. The molecular weight excluding hydrogens is 643 g/mol. The van der Waals surface area contributed by atoms with E-state index in [1.54, 1.807) is 0 Å². The molecule has 52 heavy (non-hydrogen) atoms. The Balaban J connectivity index is 2.11. The van der Waals surface area contributed by atoms with Crippen LogP contribution < -0.4 is 0 Å². The van der Waals surface area contributed by atoms with Gasteiger partial charge in [-0.1, -0.05) is 175 Å². The summed E-state index contributed by atoms with van der Waals surface area (Å²) in [6.07, 6.45) is 41.7. The fourth-order valence-corrected chi connectivity index (χ4v) is 7.87. The summed E-state index contributed by atoms with van der Waals surface area (Å²) in [7, 11) is 0. The molecule has 1 unspecified atom stereocenters. The van der Waals surface area contributed by atoms with E-state index in [1.807, 2.05) is 0 Å². The molecule has 0 bridgehead atoms. The lowest BCUT2D eigenvalue weighted by atomic mass is 9.91. The van der Waals surface area contributed by atoms with Crippen LogP contribution in [0.2, 0.25) is 0 Å². The predicted octanol–water partition coefficient (Wildman–Crippen LogP) is 14.3. The van der Waals surface area contributed by atoms with Gasteiger partial charge in [-0.3, -0.25) is 9.59 Å². The van der Waals surface area contributed by atoms with Gasteiger partial charge >= 0.3 is 11.9 Å². The normalized spacial score (nSPS) is 13.7. The lowest BCUT2D eigenvalue weighted by molar-refractivity contribution is -0.144. The van der Waals surface area contributed by atoms with Crippen molar-refractivity contribution in [2.24, 2.45) is 11.8 Å². The molecule has 0 amide bonds. The second-order valence-corrected chi connectivity index (χ2v) is 16.9. The third-order valence-corrected chi connectivity index (χ3v) is 11.6. The summed E-state index contributed by atoms with van der Waals surface area (Å²) in [6.45, 7) is 12.8. The first-order chi connectivity index (χ1) is 25.5. The fraction of sp³-hybridized carbons (Fsp3) is 0.957. The highest BCUT2D eigenvalue weighted by atomic mass is 16.5. The van der Waals surface area contributed by atoms with E-state index in [0.717, 1.165) is 56.9 Å². The number of carbonyl (C=O) groups is 2. The number of unbranched alkanes of at least 4 members (excludes halogenated alkanes) is 20. The molecular formula is C47H91NO4. The number of carbonyl (C=O) groups excluding carboxylic acids is 2. The van der Waals surface area contributed by atoms with Crippen LogP contribution in [0.4, 0.5) is 0 Å². The smallest absolute Gasteiger partial charge is 0.305 e. The van der Waals surface area contributed by atoms with Crippen LogP contribution in [0.25, 0.3) is 0 Å². The summed E-state index contributed by atoms with van der Waals surface area (Å²) in [5.74, 6) is 1.77. The quantitative estimate of drug-likeness (QED) is 0.0462. The van der Waals surface area contributed by atoms with Crippen LogP contribution in [0.3, 0.4) is 0 Å². The van der Waals surface area contributed by atoms with E-state index >= 15 is 0 Å². The Morgan fingerprint density at radius 2 is 0.885 bits per heavy atom. The van der Waals surface area contributed by atoms with Crippen molar-refractivity contribution in [2.45, 2.75) is 252 Å². The van der Waals surface area contributed by atoms with Gasteiger partial charge in [0.25, 0.3) is 0 Å². The molecule has 5 nitrogen and oxygen atoms in total. The summed E-state index contributed by atoms with van der Waals surface area (Å²) in [6, 6.07) is 0.654. The molecule has 0 aromatic heterocycles. The maximum Gasteiger partial charge on any atom is 0.305 e. The summed E-state index contributed by atoms with van der Waals surface area (Å²) in [5, 5.41) is 0. The summed E-state index contributed by atoms with van der Waals surface area (Å²) >= 11 is 0. The Morgan fingerprint density at radius 1 is 0.500 bits per heavy atom. The topological polar surface area (TPSA) is 55.8 Å². The molecule has 1 aliphatic rings. The number of hydrogen-bond donors (Lipinski definition) is 0. The number of nitrogens with zero attached hydrogens (tertiary/aromatic N) is 1. The molecule has 0 aliphatic heterocycles. The predicted molar refractivity (Wildman–Crippen MR) is 224 cm³/mol. The van der Waals surface area contributed by atoms with Crippen LogP contribution in [-0.4, -0.2) is 49.2 Å². The van der Waals surface area contributed by atoms with E-state index in [4.69, 9.17) is 9.47 Å². The molecule has 0 spiro atoms. The van der Waals surface area contributed by atoms with E-state index in [1.165, 1.54) is 173 Å². The standard InChI is InChI=1S/C47H91NO4/c1-5-8-11-14-15-16-17-21-29-40-51-46(49)35-26-22-28-39-48(43(4)42-45-36-37-45)38-27-20-18-19-25-34-47(50)52-41-30-33-44(31-23-12-9-6-2)32-24-13-10-7-3/h43-45H,5-42H2,1-4H3. The number of hydrogen-bond acceptors (Lipinski definition) is 5. The minimum atomic E-state index is -0.00285. The van der Waals surface area contributed by atoms with Gasteiger partial charge in [-0.2, -0.15) is 0 Å². The molecule has 5 heteroatoms. The largest absolute Gasteiger partial charge is 0.466 e. The molecule has 0 radical (unpaired) electrons. The highest BCUT2D eigenvalue weighted by Crippen LogP contribution is 2.34. The molecule has 0 saturated heterocycles. The average molecular weight is 734 g/mol. The van der Waals surface area contributed by atoms with Gasteiger partial charge in [-0.25, -0.2) is 0 Å². The van der Waals surface area contributed by atoms with Gasteiger partial charge in [-0.05, 0) is 83.2 Å². The van der Waals surface area contributed by atoms with Gasteiger partial charge in [-0.15, -0.1) is 0 Å². The van der Waals surface area contributed by atoms with Gasteiger partial charge in [0.15, 0.2) is 0 Å². The lowest BCUT2D eigenvalue weighted by Gasteiger charge is -2.29. The molecule has 1 saturated carbocycles. The van der Waals surface area contributed by atoms with Crippen molar-refractivity contribution in [2.75, 3.05) is 26.3 Å². The SMILES string of the molecule is CCCCCCCCCCCOC(=O)CCCCCN(CCCCCCCC(=O)OCCCC(CCCCCC)CCCCCC)C(C)CC1CC1. The Kier molecular flexibility index (Phi) is 34.7. The van der Waals surface area contributed by atoms with Crippen LogP contribution >= 0.6 is 0 Å². The first-order valence-corrected chi connectivity index (χ1v) is 23.5. The van der Waals surface area contributed by atoms with Crippen molar-refractivity contribution in [1.29, 1.82) is 0 Å². The van der Waals surface area contributed by atoms with Crippen molar-refractivity contribution in [3.63, 3.8) is 0 Å². The zero-order valence-electron chi connectivity index (χ0n) is 35.7. The van der Waals surface area contributed by atoms with Crippen molar-refractivity contribution < 1.29 is 19.1 Å². The van der Waals surface area contributed by atoms with Crippen molar-refractivity contribution >= 4 is 11.9 Å². The van der Waals surface area contributed by atoms with E-state index in [2.05, 4.69) is 32.6 Å². The van der Waals surface area contributed by atoms with Crippen LogP contribution in [-0.2, 0) is 19.1 Å². The first-order valence-electron chi connectivity index (χ1n) is 23.5. The molecule has 1 fully saturated rings. The van der Waals surface area contributed by atoms with Crippen LogP contribution in [0.5, 0.6) is 0 Å². The summed E-state index contributed by atoms with van der Waals surface area (Å²) in [5.41, 5.74) is 0. The fourth-order valence-electron chi connectivity index (χ4n) is 7.87. The molecule has 308 valence electrons. The zero-order valence-corrected chi connectivity index (χ0v) is 35.7. The summed E-state index contributed by atoms with van der Waals surface area (Å²) in [4.78, 5) is 27.3. The van der Waals surface area contributed by atoms with Crippen LogP contribution in [0.15, 0.2) is 0 Å². The third-order valence-electron chi connectivity index (χ3n) is 11.6. The van der Waals surface area contributed by atoms with Gasteiger partial charge in [0.2, 0.25) is 0 Å². The van der Waals surface area contributed by atoms with Gasteiger partial charge in [0, 0.05) is 18.9 Å². The Hall–Kier alpha value is -1.10. The molecule has 0 heterocycles. The summed E-state index contributed by atoms with van der Waals surface area (Å²) < 4.78 is 11.2. The first kappa shape index (κ1) is 48.9. The Bertz CT molecular complexity index is 771. The number of esters is 2. The van der Waals surface area contributed by atoms with Gasteiger partial charge in [0.1, 0.15) is 0 Å². The number of rotatable bonds is 41. The molecule has 0 aromatic carbocycles.